The number of halogens is 3. The van der Waals surface area contributed by atoms with Crippen molar-refractivity contribution >= 4 is 58.1 Å². The fraction of sp³-hybridized carbons (Fsp3) is 0.0588. The number of carbonyl (C=O) groups is 2. The first kappa shape index (κ1) is 30.0. The molecule has 5 aromatic carbocycles. The molecule has 5 rings (SSSR count). The van der Waals surface area contributed by atoms with Crippen molar-refractivity contribution in [3.05, 3.63) is 141 Å². The minimum Gasteiger partial charge on any atom is -0.481 e. The molecule has 216 valence electrons. The SMILES string of the molecule is O=C(O)CC(NC(=O)c1cc(Cl)ccc1Nc1ccc(Cl)cc1Cl)c1ccc(-c2ccccc2Oc2ccccc2)cc1. The summed E-state index contributed by atoms with van der Waals surface area (Å²) in [6.45, 7) is 0. The van der Waals surface area contributed by atoms with Crippen molar-refractivity contribution in [1.29, 1.82) is 0 Å². The maximum absolute atomic E-state index is 13.5. The number of benzene rings is 5. The number of amides is 1. The van der Waals surface area contributed by atoms with Crippen molar-refractivity contribution in [3.63, 3.8) is 0 Å². The summed E-state index contributed by atoms with van der Waals surface area (Å²) < 4.78 is 6.11. The van der Waals surface area contributed by atoms with Gasteiger partial charge in [-0.2, -0.15) is 0 Å². The largest absolute Gasteiger partial charge is 0.481 e. The second-order valence-electron chi connectivity index (χ2n) is 9.60. The van der Waals surface area contributed by atoms with Crippen LogP contribution in [0.25, 0.3) is 11.1 Å². The van der Waals surface area contributed by atoms with Crippen LogP contribution in [-0.4, -0.2) is 17.0 Å². The summed E-state index contributed by atoms with van der Waals surface area (Å²) in [6.07, 6.45) is -0.328. The molecule has 0 aromatic heterocycles. The molecule has 6 nitrogen and oxygen atoms in total. The zero-order valence-corrected chi connectivity index (χ0v) is 24.8. The predicted octanol–water partition coefficient (Wildman–Crippen LogP) is 9.80. The highest BCUT2D eigenvalue weighted by Gasteiger charge is 2.22. The maximum atomic E-state index is 13.5. The van der Waals surface area contributed by atoms with Gasteiger partial charge in [0.25, 0.3) is 5.91 Å². The summed E-state index contributed by atoms with van der Waals surface area (Å²) in [4.78, 5) is 25.4. The Morgan fingerprint density at radius 1 is 0.744 bits per heavy atom. The van der Waals surface area contributed by atoms with Gasteiger partial charge >= 0.3 is 5.97 Å². The highest BCUT2D eigenvalue weighted by atomic mass is 35.5. The second kappa shape index (κ2) is 13.7. The molecule has 0 heterocycles. The minimum atomic E-state index is -1.06. The molecular formula is C34H25Cl3N2O4. The number of ether oxygens (including phenoxy) is 1. The first-order valence-corrected chi connectivity index (χ1v) is 14.4. The molecule has 0 bridgehead atoms. The molecule has 0 fully saturated rings. The Morgan fingerprint density at radius 3 is 2.09 bits per heavy atom. The van der Waals surface area contributed by atoms with E-state index in [0.717, 1.165) is 11.1 Å². The Morgan fingerprint density at radius 2 is 1.40 bits per heavy atom. The number of para-hydroxylation sites is 2. The van der Waals surface area contributed by atoms with Gasteiger partial charge in [-0.05, 0) is 65.7 Å². The Kier molecular flexibility index (Phi) is 9.52. The predicted molar refractivity (Wildman–Crippen MR) is 172 cm³/mol. The van der Waals surface area contributed by atoms with Crippen LogP contribution in [0.2, 0.25) is 15.1 Å². The zero-order chi connectivity index (χ0) is 30.3. The minimum absolute atomic E-state index is 0.220. The van der Waals surface area contributed by atoms with Gasteiger partial charge in [-0.1, -0.05) is 95.5 Å². The van der Waals surface area contributed by atoms with Crippen LogP contribution in [0, 0.1) is 0 Å². The number of nitrogens with one attached hydrogen (secondary N) is 2. The summed E-state index contributed by atoms with van der Waals surface area (Å²) in [5, 5.41) is 16.8. The molecule has 0 aliphatic heterocycles. The van der Waals surface area contributed by atoms with Gasteiger partial charge in [-0.15, -0.1) is 0 Å². The van der Waals surface area contributed by atoms with E-state index in [1.165, 1.54) is 6.07 Å². The van der Waals surface area contributed by atoms with Crippen LogP contribution >= 0.6 is 34.8 Å². The summed E-state index contributed by atoms with van der Waals surface area (Å²) in [6, 6.07) is 33.4. The fourth-order valence-electron chi connectivity index (χ4n) is 4.52. The van der Waals surface area contributed by atoms with E-state index in [0.29, 0.717) is 43.5 Å². The van der Waals surface area contributed by atoms with E-state index in [4.69, 9.17) is 39.5 Å². The van der Waals surface area contributed by atoms with Gasteiger partial charge < -0.3 is 20.5 Å². The molecule has 0 radical (unpaired) electrons. The molecule has 0 aliphatic rings. The van der Waals surface area contributed by atoms with Gasteiger partial charge in [0.1, 0.15) is 11.5 Å². The molecule has 0 saturated heterocycles. The van der Waals surface area contributed by atoms with E-state index in [1.54, 1.807) is 42.5 Å². The molecular weight excluding hydrogens is 607 g/mol. The van der Waals surface area contributed by atoms with Crippen molar-refractivity contribution in [2.45, 2.75) is 12.5 Å². The Bertz CT molecular complexity index is 1760. The van der Waals surface area contributed by atoms with Crippen molar-refractivity contribution < 1.29 is 19.4 Å². The lowest BCUT2D eigenvalue weighted by Crippen LogP contribution is -2.30. The van der Waals surface area contributed by atoms with E-state index in [1.807, 2.05) is 66.7 Å². The molecule has 0 saturated carbocycles. The number of hydrogen-bond acceptors (Lipinski definition) is 4. The molecule has 0 spiro atoms. The molecule has 5 aromatic rings. The third kappa shape index (κ3) is 7.67. The monoisotopic (exact) mass is 630 g/mol. The molecule has 1 amide bonds. The lowest BCUT2D eigenvalue weighted by atomic mass is 9.98. The summed E-state index contributed by atoms with van der Waals surface area (Å²) in [7, 11) is 0. The number of hydrogen-bond donors (Lipinski definition) is 3. The van der Waals surface area contributed by atoms with Crippen molar-refractivity contribution in [2.24, 2.45) is 0 Å². The number of anilines is 2. The zero-order valence-electron chi connectivity index (χ0n) is 22.6. The molecule has 1 unspecified atom stereocenters. The van der Waals surface area contributed by atoms with Crippen LogP contribution in [0.3, 0.4) is 0 Å². The number of carbonyl (C=O) groups excluding carboxylic acids is 1. The van der Waals surface area contributed by atoms with E-state index in [2.05, 4.69) is 10.6 Å². The van der Waals surface area contributed by atoms with Gasteiger partial charge in [0.15, 0.2) is 0 Å². The smallest absolute Gasteiger partial charge is 0.305 e. The maximum Gasteiger partial charge on any atom is 0.305 e. The van der Waals surface area contributed by atoms with Crippen LogP contribution in [-0.2, 0) is 4.79 Å². The average molecular weight is 632 g/mol. The Balaban J connectivity index is 1.40. The fourth-order valence-corrected chi connectivity index (χ4v) is 5.14. The van der Waals surface area contributed by atoms with E-state index in [9.17, 15) is 14.7 Å². The van der Waals surface area contributed by atoms with Crippen LogP contribution in [0.4, 0.5) is 11.4 Å². The summed E-state index contributed by atoms with van der Waals surface area (Å²) in [5.41, 5.74) is 3.56. The van der Waals surface area contributed by atoms with Gasteiger partial charge in [0.05, 0.1) is 34.4 Å². The number of aliphatic carboxylic acids is 1. The third-order valence-corrected chi connectivity index (χ3v) is 7.38. The van der Waals surface area contributed by atoms with Gasteiger partial charge in [-0.3, -0.25) is 9.59 Å². The van der Waals surface area contributed by atoms with Gasteiger partial charge in [0.2, 0.25) is 0 Å². The Hall–Kier alpha value is -4.49. The lowest BCUT2D eigenvalue weighted by molar-refractivity contribution is -0.137. The average Bonchev–Trinajstić information content (AvgIpc) is 2.99. The normalized spacial score (nSPS) is 11.4. The molecule has 0 aliphatic carbocycles. The second-order valence-corrected chi connectivity index (χ2v) is 10.9. The number of rotatable bonds is 10. The van der Waals surface area contributed by atoms with Crippen LogP contribution < -0.4 is 15.4 Å². The highest BCUT2D eigenvalue weighted by Crippen LogP contribution is 2.35. The molecule has 1 atom stereocenters. The first-order chi connectivity index (χ1) is 20.8. The number of carboxylic acid groups (broad SMARTS) is 1. The van der Waals surface area contributed by atoms with Crippen LogP contribution in [0.5, 0.6) is 11.5 Å². The Labute approximate surface area is 263 Å². The van der Waals surface area contributed by atoms with Crippen molar-refractivity contribution in [2.75, 3.05) is 5.32 Å². The van der Waals surface area contributed by atoms with Gasteiger partial charge in [0, 0.05) is 15.6 Å². The van der Waals surface area contributed by atoms with Gasteiger partial charge in [-0.25, -0.2) is 0 Å². The highest BCUT2D eigenvalue weighted by molar-refractivity contribution is 6.36. The number of carboxylic acids is 1. The third-order valence-electron chi connectivity index (χ3n) is 6.59. The lowest BCUT2D eigenvalue weighted by Gasteiger charge is -2.20. The van der Waals surface area contributed by atoms with E-state index < -0.39 is 17.9 Å². The quantitative estimate of drug-likeness (QED) is 0.143. The first-order valence-electron chi connectivity index (χ1n) is 13.2. The summed E-state index contributed by atoms with van der Waals surface area (Å²) in [5.74, 6) is -0.178. The van der Waals surface area contributed by atoms with Crippen LogP contribution in [0.1, 0.15) is 28.4 Å². The van der Waals surface area contributed by atoms with Crippen molar-refractivity contribution in [1.82, 2.24) is 5.32 Å². The standard InChI is InChI=1S/C34H25Cl3N2O4/c35-23-14-16-29(38-30-17-15-24(36)19-28(30)37)27(18-23)34(42)39-31(20-33(40)41)22-12-10-21(11-13-22)26-8-4-5-9-32(26)43-25-6-2-1-3-7-25/h1-19,31,38H,20H2,(H,39,42)(H,40,41). The van der Waals surface area contributed by atoms with E-state index >= 15 is 0 Å². The van der Waals surface area contributed by atoms with Crippen molar-refractivity contribution in [3.8, 4) is 22.6 Å². The molecule has 3 N–H and O–H groups in total. The topological polar surface area (TPSA) is 87.7 Å². The molecule has 43 heavy (non-hydrogen) atoms. The summed E-state index contributed by atoms with van der Waals surface area (Å²) >= 11 is 18.6. The van der Waals surface area contributed by atoms with E-state index in [-0.39, 0.29) is 12.0 Å². The molecule has 9 heteroatoms. The van der Waals surface area contributed by atoms with Crippen LogP contribution in [0.15, 0.2) is 115 Å².